The van der Waals surface area contributed by atoms with Crippen molar-refractivity contribution in [3.8, 4) is 0 Å². The summed E-state index contributed by atoms with van der Waals surface area (Å²) in [5.41, 5.74) is 5.08. The van der Waals surface area contributed by atoms with Gasteiger partial charge in [-0.05, 0) is 42.0 Å². The predicted octanol–water partition coefficient (Wildman–Crippen LogP) is 2.75. The molecule has 1 aliphatic carbocycles. The van der Waals surface area contributed by atoms with Gasteiger partial charge in [0.05, 0.1) is 25.0 Å². The molecule has 0 amide bonds. The lowest BCUT2D eigenvalue weighted by Crippen LogP contribution is -2.11. The van der Waals surface area contributed by atoms with Crippen molar-refractivity contribution in [1.82, 2.24) is 9.78 Å². The number of aryl methyl sites for hydroxylation is 1. The van der Waals surface area contributed by atoms with E-state index in [4.69, 9.17) is 5.11 Å². The molecule has 19 heavy (non-hydrogen) atoms. The normalized spacial score (nSPS) is 16.6. The smallest absolute Gasteiger partial charge is 0.0675 e. The number of aromatic nitrogens is 2. The van der Waals surface area contributed by atoms with Crippen LogP contribution in [0.4, 0.5) is 0 Å². The molecule has 1 aromatic carbocycles. The molecule has 0 bridgehead atoms. The molecule has 98 valence electrons. The van der Waals surface area contributed by atoms with E-state index in [1.165, 1.54) is 28.8 Å². The molecule has 3 heteroatoms. The standard InChI is InChI=1S/C16H18N2O/c19-10-9-18-16-14(7-4-8-15(16)12-17-18)11-13-5-2-1-3-6-13/h1-3,5-6,11-12,19H,4,7-10H2. The van der Waals surface area contributed by atoms with Crippen molar-refractivity contribution in [2.45, 2.75) is 25.8 Å². The average molecular weight is 254 g/mol. The quantitative estimate of drug-likeness (QED) is 0.914. The molecule has 0 radical (unpaired) electrons. The van der Waals surface area contributed by atoms with E-state index in [9.17, 15) is 0 Å². The number of benzene rings is 1. The zero-order chi connectivity index (χ0) is 13.1. The van der Waals surface area contributed by atoms with Crippen molar-refractivity contribution in [3.05, 3.63) is 53.3 Å². The first-order chi connectivity index (χ1) is 9.38. The highest BCUT2D eigenvalue weighted by atomic mass is 16.3. The van der Waals surface area contributed by atoms with Gasteiger partial charge < -0.3 is 5.11 Å². The summed E-state index contributed by atoms with van der Waals surface area (Å²) < 4.78 is 1.93. The minimum absolute atomic E-state index is 0.132. The molecule has 0 unspecified atom stereocenters. The Morgan fingerprint density at radius 1 is 1.21 bits per heavy atom. The van der Waals surface area contributed by atoms with Crippen LogP contribution in [0.2, 0.25) is 0 Å². The first kappa shape index (κ1) is 12.2. The van der Waals surface area contributed by atoms with Gasteiger partial charge in [0.25, 0.3) is 0 Å². The van der Waals surface area contributed by atoms with Crippen molar-refractivity contribution in [1.29, 1.82) is 0 Å². The third-order valence-corrected chi connectivity index (χ3v) is 3.56. The molecule has 0 atom stereocenters. The Balaban J connectivity index is 2.02. The fourth-order valence-corrected chi connectivity index (χ4v) is 2.72. The van der Waals surface area contributed by atoms with Crippen LogP contribution >= 0.6 is 0 Å². The molecule has 3 rings (SSSR count). The highest BCUT2D eigenvalue weighted by Crippen LogP contribution is 2.32. The zero-order valence-corrected chi connectivity index (χ0v) is 10.9. The molecular weight excluding hydrogens is 236 g/mol. The number of rotatable bonds is 3. The van der Waals surface area contributed by atoms with Gasteiger partial charge >= 0.3 is 0 Å². The maximum Gasteiger partial charge on any atom is 0.0675 e. The molecule has 0 fully saturated rings. The zero-order valence-electron chi connectivity index (χ0n) is 10.9. The van der Waals surface area contributed by atoms with Crippen LogP contribution in [-0.4, -0.2) is 21.5 Å². The van der Waals surface area contributed by atoms with Gasteiger partial charge in [-0.2, -0.15) is 5.10 Å². The second kappa shape index (κ2) is 5.41. The fraction of sp³-hybridized carbons (Fsp3) is 0.312. The van der Waals surface area contributed by atoms with Crippen LogP contribution in [0.3, 0.4) is 0 Å². The average Bonchev–Trinajstić information content (AvgIpc) is 2.85. The minimum atomic E-state index is 0.132. The first-order valence-corrected chi connectivity index (χ1v) is 6.80. The van der Waals surface area contributed by atoms with E-state index in [1.54, 1.807) is 0 Å². The molecule has 1 aromatic heterocycles. The van der Waals surface area contributed by atoms with Crippen LogP contribution in [0.25, 0.3) is 11.6 Å². The van der Waals surface area contributed by atoms with E-state index in [0.29, 0.717) is 6.54 Å². The van der Waals surface area contributed by atoms with Crippen molar-refractivity contribution in [2.75, 3.05) is 6.61 Å². The Hall–Kier alpha value is -1.87. The summed E-state index contributed by atoms with van der Waals surface area (Å²) in [4.78, 5) is 0. The number of allylic oxidation sites excluding steroid dienone is 1. The second-order valence-electron chi connectivity index (χ2n) is 4.90. The number of nitrogens with zero attached hydrogens (tertiary/aromatic N) is 2. The van der Waals surface area contributed by atoms with E-state index in [0.717, 1.165) is 12.8 Å². The van der Waals surface area contributed by atoms with Crippen molar-refractivity contribution in [2.24, 2.45) is 0 Å². The van der Waals surface area contributed by atoms with E-state index >= 15 is 0 Å². The lowest BCUT2D eigenvalue weighted by molar-refractivity contribution is 0.268. The summed E-state index contributed by atoms with van der Waals surface area (Å²) in [6.45, 7) is 0.703. The molecule has 1 heterocycles. The van der Waals surface area contributed by atoms with Crippen LogP contribution < -0.4 is 0 Å². The number of aliphatic hydroxyl groups is 1. The van der Waals surface area contributed by atoms with Gasteiger partial charge in [0.1, 0.15) is 0 Å². The number of fused-ring (bicyclic) bond motifs is 1. The summed E-state index contributed by atoms with van der Waals surface area (Å²) in [7, 11) is 0. The van der Waals surface area contributed by atoms with Crippen LogP contribution in [-0.2, 0) is 13.0 Å². The van der Waals surface area contributed by atoms with E-state index in [1.807, 2.05) is 16.9 Å². The van der Waals surface area contributed by atoms with E-state index in [-0.39, 0.29) is 6.61 Å². The number of aliphatic hydroxyl groups excluding tert-OH is 1. The Labute approximate surface area is 113 Å². The minimum Gasteiger partial charge on any atom is -0.394 e. The molecule has 0 saturated carbocycles. The maximum atomic E-state index is 9.14. The third-order valence-electron chi connectivity index (χ3n) is 3.56. The predicted molar refractivity (Wildman–Crippen MR) is 76.6 cm³/mol. The van der Waals surface area contributed by atoms with Crippen molar-refractivity contribution < 1.29 is 5.11 Å². The van der Waals surface area contributed by atoms with Crippen LogP contribution in [0.1, 0.15) is 29.7 Å². The van der Waals surface area contributed by atoms with Crippen LogP contribution in [0.5, 0.6) is 0 Å². The molecule has 2 aromatic rings. The number of hydrogen-bond donors (Lipinski definition) is 1. The summed E-state index contributed by atoms with van der Waals surface area (Å²) in [6, 6.07) is 10.4. The summed E-state index contributed by atoms with van der Waals surface area (Å²) in [5.74, 6) is 0. The fourth-order valence-electron chi connectivity index (χ4n) is 2.72. The Morgan fingerprint density at radius 3 is 2.84 bits per heavy atom. The van der Waals surface area contributed by atoms with Gasteiger partial charge in [0, 0.05) is 0 Å². The topological polar surface area (TPSA) is 38.0 Å². The van der Waals surface area contributed by atoms with Gasteiger partial charge in [-0.1, -0.05) is 30.3 Å². The second-order valence-corrected chi connectivity index (χ2v) is 4.90. The molecule has 0 spiro atoms. The Bertz CT molecular complexity index is 584. The largest absolute Gasteiger partial charge is 0.394 e. The molecule has 1 aliphatic rings. The monoisotopic (exact) mass is 254 g/mol. The molecule has 0 aliphatic heterocycles. The van der Waals surface area contributed by atoms with Gasteiger partial charge in [0.15, 0.2) is 0 Å². The van der Waals surface area contributed by atoms with Gasteiger partial charge in [-0.3, -0.25) is 4.68 Å². The van der Waals surface area contributed by atoms with Crippen LogP contribution in [0.15, 0.2) is 36.5 Å². The van der Waals surface area contributed by atoms with Crippen molar-refractivity contribution >= 4 is 11.6 Å². The SMILES string of the molecule is OCCn1ncc2c1C(=Cc1ccccc1)CCC2. The maximum absolute atomic E-state index is 9.14. The molecular formula is C16H18N2O. The van der Waals surface area contributed by atoms with E-state index < -0.39 is 0 Å². The Kier molecular flexibility index (Phi) is 3.47. The summed E-state index contributed by atoms with van der Waals surface area (Å²) >= 11 is 0. The molecule has 3 nitrogen and oxygen atoms in total. The highest BCUT2D eigenvalue weighted by Gasteiger charge is 2.19. The van der Waals surface area contributed by atoms with E-state index in [2.05, 4.69) is 35.4 Å². The first-order valence-electron chi connectivity index (χ1n) is 6.80. The number of hydrogen-bond acceptors (Lipinski definition) is 2. The van der Waals surface area contributed by atoms with Crippen molar-refractivity contribution in [3.63, 3.8) is 0 Å². The third kappa shape index (κ3) is 2.47. The van der Waals surface area contributed by atoms with Gasteiger partial charge in [-0.25, -0.2) is 0 Å². The molecule has 0 saturated heterocycles. The Morgan fingerprint density at radius 2 is 2.05 bits per heavy atom. The lowest BCUT2D eigenvalue weighted by atomic mass is 9.91. The summed E-state index contributed by atoms with van der Waals surface area (Å²) in [6.07, 6.45) is 7.54. The van der Waals surface area contributed by atoms with Crippen LogP contribution in [0, 0.1) is 0 Å². The lowest BCUT2D eigenvalue weighted by Gasteiger charge is -2.17. The highest BCUT2D eigenvalue weighted by molar-refractivity contribution is 5.82. The van der Waals surface area contributed by atoms with Gasteiger partial charge in [-0.15, -0.1) is 0 Å². The summed E-state index contributed by atoms with van der Waals surface area (Å²) in [5, 5.41) is 13.5. The van der Waals surface area contributed by atoms with Gasteiger partial charge in [0.2, 0.25) is 0 Å². The molecule has 1 N–H and O–H groups in total.